The summed E-state index contributed by atoms with van der Waals surface area (Å²) in [5, 5.41) is 5.64. The van der Waals surface area contributed by atoms with Crippen molar-refractivity contribution in [2.75, 3.05) is 7.11 Å². The summed E-state index contributed by atoms with van der Waals surface area (Å²) >= 11 is 6.03. The van der Waals surface area contributed by atoms with Crippen LogP contribution in [-0.4, -0.2) is 21.9 Å². The summed E-state index contributed by atoms with van der Waals surface area (Å²) in [7, 11) is 1.59. The molecular formula is C15H14ClN3O2. The van der Waals surface area contributed by atoms with E-state index < -0.39 is 0 Å². The molecule has 0 spiro atoms. The van der Waals surface area contributed by atoms with Gasteiger partial charge in [-0.1, -0.05) is 17.7 Å². The Morgan fingerprint density at radius 3 is 2.90 bits per heavy atom. The summed E-state index contributed by atoms with van der Waals surface area (Å²) in [4.78, 5) is 15.5. The van der Waals surface area contributed by atoms with Gasteiger partial charge in [-0.25, -0.2) is 4.68 Å². The lowest BCUT2D eigenvalue weighted by molar-refractivity contribution is 0.181. The predicted molar refractivity (Wildman–Crippen MR) is 82.2 cm³/mol. The van der Waals surface area contributed by atoms with Crippen molar-refractivity contribution < 1.29 is 4.74 Å². The van der Waals surface area contributed by atoms with Gasteiger partial charge in [-0.3, -0.25) is 4.79 Å². The number of hydrogen-bond acceptors (Lipinski definition) is 3. The van der Waals surface area contributed by atoms with Gasteiger partial charge in [0.2, 0.25) is 0 Å². The number of hydrogen-bond donors (Lipinski definition) is 1. The lowest BCUT2D eigenvalue weighted by Crippen LogP contribution is -2.07. The molecular weight excluding hydrogens is 290 g/mol. The fourth-order valence-corrected chi connectivity index (χ4v) is 2.57. The Morgan fingerprint density at radius 1 is 1.38 bits per heavy atom. The smallest absolute Gasteiger partial charge is 0.193 e. The van der Waals surface area contributed by atoms with Crippen LogP contribution in [0.15, 0.2) is 35.1 Å². The van der Waals surface area contributed by atoms with E-state index in [-0.39, 0.29) is 5.43 Å². The van der Waals surface area contributed by atoms with Crippen molar-refractivity contribution in [2.45, 2.75) is 13.5 Å². The Hall–Kier alpha value is -2.11. The Morgan fingerprint density at radius 2 is 2.19 bits per heavy atom. The number of nitrogens with zero attached hydrogens (tertiary/aromatic N) is 2. The van der Waals surface area contributed by atoms with Crippen molar-refractivity contribution in [3.8, 4) is 5.69 Å². The van der Waals surface area contributed by atoms with Crippen molar-refractivity contribution in [1.82, 2.24) is 14.8 Å². The first-order valence-electron chi connectivity index (χ1n) is 6.46. The van der Waals surface area contributed by atoms with Crippen LogP contribution < -0.4 is 5.43 Å². The minimum atomic E-state index is -0.0680. The normalized spacial score (nSPS) is 11.2. The molecule has 0 fully saturated rings. The first-order chi connectivity index (χ1) is 10.1. The minimum Gasteiger partial charge on any atom is -0.378 e. The van der Waals surface area contributed by atoms with Gasteiger partial charge >= 0.3 is 0 Å². The van der Waals surface area contributed by atoms with E-state index in [2.05, 4.69) is 10.1 Å². The third-order valence-electron chi connectivity index (χ3n) is 3.24. The molecule has 1 N–H and O–H groups in total. The Balaban J connectivity index is 2.31. The third kappa shape index (κ3) is 2.46. The average molecular weight is 304 g/mol. The zero-order valence-electron chi connectivity index (χ0n) is 11.7. The van der Waals surface area contributed by atoms with Gasteiger partial charge < -0.3 is 9.72 Å². The summed E-state index contributed by atoms with van der Waals surface area (Å²) in [5.41, 5.74) is 2.76. The van der Waals surface area contributed by atoms with Crippen LogP contribution in [0.25, 0.3) is 16.7 Å². The summed E-state index contributed by atoms with van der Waals surface area (Å²) in [6.07, 6.45) is 0. The third-order valence-corrected chi connectivity index (χ3v) is 3.48. The van der Waals surface area contributed by atoms with Gasteiger partial charge in [0.1, 0.15) is 5.65 Å². The van der Waals surface area contributed by atoms with E-state index in [1.807, 2.05) is 19.1 Å². The van der Waals surface area contributed by atoms with Crippen LogP contribution in [0.3, 0.4) is 0 Å². The van der Waals surface area contributed by atoms with Crippen molar-refractivity contribution in [1.29, 1.82) is 0 Å². The molecule has 0 aliphatic carbocycles. The summed E-state index contributed by atoms with van der Waals surface area (Å²) < 4.78 is 6.77. The van der Waals surface area contributed by atoms with E-state index in [9.17, 15) is 4.79 Å². The topological polar surface area (TPSA) is 59.9 Å². The first-order valence-corrected chi connectivity index (χ1v) is 6.84. The fourth-order valence-electron chi connectivity index (χ4n) is 2.38. The summed E-state index contributed by atoms with van der Waals surface area (Å²) in [5.74, 6) is 0. The molecule has 3 aromatic rings. The molecule has 3 rings (SSSR count). The molecule has 0 bridgehead atoms. The second kappa shape index (κ2) is 5.35. The number of H-pyrrole nitrogens is 1. The Labute approximate surface area is 126 Å². The highest BCUT2D eigenvalue weighted by Gasteiger charge is 2.14. The largest absolute Gasteiger partial charge is 0.378 e. The number of pyridine rings is 1. The molecule has 0 amide bonds. The van der Waals surface area contributed by atoms with Crippen LogP contribution in [0.1, 0.15) is 11.4 Å². The summed E-state index contributed by atoms with van der Waals surface area (Å²) in [6, 6.07) is 8.87. The SMILES string of the molecule is COCc1cc(=O)c2c(C)nn(-c3cccc(Cl)c3)c2[nH]1. The maximum Gasteiger partial charge on any atom is 0.193 e. The maximum atomic E-state index is 12.3. The van der Waals surface area contributed by atoms with Gasteiger partial charge in [-0.15, -0.1) is 0 Å². The second-order valence-corrected chi connectivity index (χ2v) is 5.23. The molecule has 0 radical (unpaired) electrons. The number of methoxy groups -OCH3 is 1. The van der Waals surface area contributed by atoms with Gasteiger partial charge in [0.15, 0.2) is 5.43 Å². The number of benzene rings is 1. The highest BCUT2D eigenvalue weighted by atomic mass is 35.5. The number of ether oxygens (including phenoxy) is 1. The van der Waals surface area contributed by atoms with E-state index >= 15 is 0 Å². The lowest BCUT2D eigenvalue weighted by atomic mass is 10.2. The van der Waals surface area contributed by atoms with Gasteiger partial charge in [0.25, 0.3) is 0 Å². The van der Waals surface area contributed by atoms with Crippen LogP contribution in [0.4, 0.5) is 0 Å². The number of rotatable bonds is 3. The van der Waals surface area contributed by atoms with Gasteiger partial charge in [-0.2, -0.15) is 5.10 Å². The predicted octanol–water partition coefficient (Wildman–Crippen LogP) is 2.82. The standard InChI is InChI=1S/C15H14ClN3O2/c1-9-14-13(20)7-11(8-21-2)17-15(14)19(18-9)12-5-3-4-10(16)6-12/h3-7H,8H2,1-2H3,(H,17,20). The van der Waals surface area contributed by atoms with Crippen molar-refractivity contribution in [2.24, 2.45) is 0 Å². The molecule has 0 saturated carbocycles. The van der Waals surface area contributed by atoms with E-state index in [0.717, 1.165) is 5.69 Å². The van der Waals surface area contributed by atoms with Crippen LogP contribution in [0.2, 0.25) is 5.02 Å². The highest BCUT2D eigenvalue weighted by Crippen LogP contribution is 2.20. The first kappa shape index (κ1) is 13.9. The van der Waals surface area contributed by atoms with Gasteiger partial charge in [0.05, 0.1) is 23.4 Å². The number of aryl methyl sites for hydroxylation is 1. The molecule has 2 heterocycles. The molecule has 0 unspecified atom stereocenters. The van der Waals surface area contributed by atoms with Gasteiger partial charge in [-0.05, 0) is 25.1 Å². The molecule has 0 aliphatic heterocycles. The second-order valence-electron chi connectivity index (χ2n) is 4.79. The van der Waals surface area contributed by atoms with Crippen molar-refractivity contribution in [3.63, 3.8) is 0 Å². The number of fused-ring (bicyclic) bond motifs is 1. The number of aromatic nitrogens is 3. The van der Waals surface area contributed by atoms with Crippen LogP contribution in [0, 0.1) is 6.92 Å². The Bertz CT molecular complexity index is 867. The fraction of sp³-hybridized carbons (Fsp3) is 0.200. The zero-order chi connectivity index (χ0) is 15.0. The molecule has 108 valence electrons. The van der Waals surface area contributed by atoms with Crippen molar-refractivity contribution in [3.05, 3.63) is 57.0 Å². The lowest BCUT2D eigenvalue weighted by Gasteiger charge is -2.05. The molecule has 2 aromatic heterocycles. The molecule has 21 heavy (non-hydrogen) atoms. The molecule has 6 heteroatoms. The molecule has 0 aliphatic rings. The average Bonchev–Trinajstić information content (AvgIpc) is 2.77. The number of aromatic amines is 1. The van der Waals surface area contributed by atoms with Crippen LogP contribution >= 0.6 is 11.6 Å². The van der Waals surface area contributed by atoms with E-state index in [0.29, 0.717) is 34.1 Å². The zero-order valence-corrected chi connectivity index (χ0v) is 12.4. The van der Waals surface area contributed by atoms with Crippen LogP contribution in [-0.2, 0) is 11.3 Å². The molecule has 0 saturated heterocycles. The van der Waals surface area contributed by atoms with Crippen molar-refractivity contribution >= 4 is 22.6 Å². The molecule has 1 aromatic carbocycles. The Kier molecular flexibility index (Phi) is 3.53. The molecule has 0 atom stereocenters. The van der Waals surface area contributed by atoms with E-state index in [1.165, 1.54) is 0 Å². The monoisotopic (exact) mass is 303 g/mol. The minimum absolute atomic E-state index is 0.0680. The summed E-state index contributed by atoms with van der Waals surface area (Å²) in [6.45, 7) is 2.15. The van der Waals surface area contributed by atoms with Crippen LogP contribution in [0.5, 0.6) is 0 Å². The van der Waals surface area contributed by atoms with Gasteiger partial charge in [0, 0.05) is 23.9 Å². The molecule has 5 nitrogen and oxygen atoms in total. The number of halogens is 1. The number of nitrogens with one attached hydrogen (secondary N) is 1. The quantitative estimate of drug-likeness (QED) is 0.809. The maximum absolute atomic E-state index is 12.3. The highest BCUT2D eigenvalue weighted by molar-refractivity contribution is 6.30. The van der Waals surface area contributed by atoms with E-state index in [4.69, 9.17) is 16.3 Å². The van der Waals surface area contributed by atoms with E-state index in [1.54, 1.807) is 30.0 Å².